The maximum Gasteiger partial charge on any atom is 0.266 e. The summed E-state index contributed by atoms with van der Waals surface area (Å²) in [6.07, 6.45) is 0. The number of halogens is 1. The summed E-state index contributed by atoms with van der Waals surface area (Å²) in [7, 11) is 0. The third-order valence-electron chi connectivity index (χ3n) is 3.11. The van der Waals surface area contributed by atoms with Crippen molar-refractivity contribution in [2.75, 3.05) is 11.5 Å². The van der Waals surface area contributed by atoms with Gasteiger partial charge in [-0.3, -0.25) is 9.69 Å². The van der Waals surface area contributed by atoms with Crippen LogP contribution in [0.15, 0.2) is 41.0 Å². The van der Waals surface area contributed by atoms with Crippen molar-refractivity contribution >= 4 is 27.7 Å². The third-order valence-corrected chi connectivity index (χ3v) is 3.55. The molecule has 0 aliphatic carbocycles. The zero-order chi connectivity index (χ0) is 14.8. The summed E-state index contributed by atoms with van der Waals surface area (Å²) >= 11 is 3.30. The average Bonchev–Trinajstić information content (AvgIpc) is 2.50. The lowest BCUT2D eigenvalue weighted by Gasteiger charge is -2.28. The first kappa shape index (κ1) is 13.6. The maximum atomic E-state index is 12.1. The minimum Gasteiger partial charge on any atom is -0.480 e. The predicted octanol–water partition coefficient (Wildman–Crippen LogP) is 2.64. The predicted molar refractivity (Wildman–Crippen MR) is 79.8 cm³/mol. The van der Waals surface area contributed by atoms with E-state index in [9.17, 15) is 4.79 Å². The molecular formula is C15H10BrN3O2. The Morgan fingerprint density at radius 1 is 1.38 bits per heavy atom. The van der Waals surface area contributed by atoms with E-state index in [1.165, 1.54) is 0 Å². The highest BCUT2D eigenvalue weighted by molar-refractivity contribution is 9.10. The van der Waals surface area contributed by atoms with E-state index >= 15 is 0 Å². The van der Waals surface area contributed by atoms with Crippen LogP contribution in [-0.2, 0) is 11.3 Å². The Labute approximate surface area is 129 Å². The summed E-state index contributed by atoms with van der Waals surface area (Å²) in [6.45, 7) is 0.350. The lowest BCUT2D eigenvalue weighted by atomic mass is 10.1. The van der Waals surface area contributed by atoms with Crippen molar-refractivity contribution in [3.63, 3.8) is 0 Å². The lowest BCUT2D eigenvalue weighted by molar-refractivity contribution is -0.121. The number of aromatic nitrogens is 1. The number of nitriles is 1. The van der Waals surface area contributed by atoms with E-state index in [0.29, 0.717) is 28.3 Å². The Hall–Kier alpha value is -2.39. The first-order valence-corrected chi connectivity index (χ1v) is 7.05. The van der Waals surface area contributed by atoms with Gasteiger partial charge >= 0.3 is 0 Å². The molecule has 3 rings (SSSR count). The van der Waals surface area contributed by atoms with Gasteiger partial charge in [-0.25, -0.2) is 4.98 Å². The number of nitrogens with zero attached hydrogens (tertiary/aromatic N) is 3. The number of amides is 1. The van der Waals surface area contributed by atoms with Crippen molar-refractivity contribution < 1.29 is 9.53 Å². The van der Waals surface area contributed by atoms with Crippen LogP contribution in [0.1, 0.15) is 11.1 Å². The van der Waals surface area contributed by atoms with Gasteiger partial charge in [0, 0.05) is 0 Å². The first-order valence-electron chi connectivity index (χ1n) is 6.26. The molecule has 21 heavy (non-hydrogen) atoms. The molecule has 0 unspecified atom stereocenters. The Balaban J connectivity index is 1.96. The van der Waals surface area contributed by atoms with E-state index in [-0.39, 0.29) is 12.5 Å². The standard InChI is InChI=1S/C15H10BrN3O2/c16-13-5-4-12-15(18-13)19(14(20)9-21-12)8-11-3-1-2-10(6-11)7-17/h1-6H,8-9H2. The van der Waals surface area contributed by atoms with Gasteiger partial charge in [0.05, 0.1) is 18.2 Å². The average molecular weight is 344 g/mol. The summed E-state index contributed by atoms with van der Waals surface area (Å²) in [5.41, 5.74) is 1.44. The topological polar surface area (TPSA) is 66.2 Å². The van der Waals surface area contributed by atoms with Crippen LogP contribution in [0.3, 0.4) is 0 Å². The fraction of sp³-hybridized carbons (Fsp3) is 0.133. The second-order valence-electron chi connectivity index (χ2n) is 4.54. The number of fused-ring (bicyclic) bond motifs is 1. The number of carbonyl (C=O) groups is 1. The van der Waals surface area contributed by atoms with Gasteiger partial charge in [0.25, 0.3) is 5.91 Å². The monoisotopic (exact) mass is 343 g/mol. The zero-order valence-corrected chi connectivity index (χ0v) is 12.5. The van der Waals surface area contributed by atoms with E-state index < -0.39 is 0 Å². The van der Waals surface area contributed by atoms with Crippen LogP contribution in [0, 0.1) is 11.3 Å². The largest absolute Gasteiger partial charge is 0.480 e. The van der Waals surface area contributed by atoms with Gasteiger partial charge in [0.2, 0.25) is 0 Å². The van der Waals surface area contributed by atoms with Crippen LogP contribution in [0.4, 0.5) is 5.82 Å². The molecule has 0 N–H and O–H groups in total. The fourth-order valence-corrected chi connectivity index (χ4v) is 2.44. The van der Waals surface area contributed by atoms with Crippen LogP contribution in [-0.4, -0.2) is 17.5 Å². The molecule has 0 saturated carbocycles. The Bertz CT molecular complexity index is 755. The quantitative estimate of drug-likeness (QED) is 0.786. The van der Waals surface area contributed by atoms with Gasteiger partial charge < -0.3 is 4.74 Å². The van der Waals surface area contributed by atoms with Crippen molar-refractivity contribution in [1.29, 1.82) is 5.26 Å². The van der Waals surface area contributed by atoms with Crippen molar-refractivity contribution in [1.82, 2.24) is 4.98 Å². The number of pyridine rings is 1. The highest BCUT2D eigenvalue weighted by Crippen LogP contribution is 2.32. The summed E-state index contributed by atoms with van der Waals surface area (Å²) < 4.78 is 6.01. The Kier molecular flexibility index (Phi) is 3.59. The van der Waals surface area contributed by atoms with E-state index in [0.717, 1.165) is 5.56 Å². The molecule has 0 radical (unpaired) electrons. The first-order chi connectivity index (χ1) is 10.2. The van der Waals surface area contributed by atoms with Gasteiger partial charge in [-0.2, -0.15) is 5.26 Å². The van der Waals surface area contributed by atoms with Gasteiger partial charge in [0.1, 0.15) is 4.60 Å². The highest BCUT2D eigenvalue weighted by Gasteiger charge is 2.27. The van der Waals surface area contributed by atoms with Crippen molar-refractivity contribution in [3.8, 4) is 11.8 Å². The molecule has 0 bridgehead atoms. The SMILES string of the molecule is N#Cc1cccc(CN2C(=O)COc3ccc(Br)nc32)c1. The summed E-state index contributed by atoms with van der Waals surface area (Å²) in [5.74, 6) is 0.910. The van der Waals surface area contributed by atoms with E-state index in [2.05, 4.69) is 27.0 Å². The Morgan fingerprint density at radius 3 is 3.05 bits per heavy atom. The number of carbonyl (C=O) groups excluding carboxylic acids is 1. The fourth-order valence-electron chi connectivity index (χ4n) is 2.14. The minimum atomic E-state index is -0.157. The van der Waals surface area contributed by atoms with Gasteiger partial charge in [-0.1, -0.05) is 12.1 Å². The second kappa shape index (κ2) is 5.54. The molecule has 1 aliphatic heterocycles. The normalized spacial score (nSPS) is 13.3. The maximum absolute atomic E-state index is 12.1. The van der Waals surface area contributed by atoms with Gasteiger partial charge in [-0.05, 0) is 45.8 Å². The third kappa shape index (κ3) is 2.73. The van der Waals surface area contributed by atoms with E-state index in [4.69, 9.17) is 10.00 Å². The van der Waals surface area contributed by atoms with Crippen LogP contribution >= 0.6 is 15.9 Å². The minimum absolute atomic E-state index is 0.00570. The molecule has 104 valence electrons. The van der Waals surface area contributed by atoms with Crippen LogP contribution < -0.4 is 9.64 Å². The molecule has 5 nitrogen and oxygen atoms in total. The molecule has 2 heterocycles. The number of ether oxygens (including phenoxy) is 1. The molecule has 6 heteroatoms. The van der Waals surface area contributed by atoms with Crippen LogP contribution in [0.2, 0.25) is 0 Å². The van der Waals surface area contributed by atoms with E-state index in [1.54, 1.807) is 35.2 Å². The van der Waals surface area contributed by atoms with Gasteiger partial charge in [-0.15, -0.1) is 0 Å². The summed E-state index contributed by atoms with van der Waals surface area (Å²) in [5, 5.41) is 8.94. The molecule has 1 aromatic heterocycles. The number of anilines is 1. The molecule has 0 fully saturated rings. The summed E-state index contributed by atoms with van der Waals surface area (Å²) in [6, 6.07) is 12.8. The molecule has 2 aromatic rings. The highest BCUT2D eigenvalue weighted by atomic mass is 79.9. The lowest BCUT2D eigenvalue weighted by Crippen LogP contribution is -2.38. The molecule has 0 atom stereocenters. The molecule has 1 aliphatic rings. The zero-order valence-electron chi connectivity index (χ0n) is 10.9. The van der Waals surface area contributed by atoms with Crippen molar-refractivity contribution in [3.05, 3.63) is 52.1 Å². The number of benzene rings is 1. The number of rotatable bonds is 2. The van der Waals surface area contributed by atoms with Crippen LogP contribution in [0.25, 0.3) is 0 Å². The number of hydrogen-bond donors (Lipinski definition) is 0. The van der Waals surface area contributed by atoms with Crippen molar-refractivity contribution in [2.45, 2.75) is 6.54 Å². The molecule has 1 aromatic carbocycles. The Morgan fingerprint density at radius 2 is 2.24 bits per heavy atom. The number of hydrogen-bond acceptors (Lipinski definition) is 4. The molecule has 1 amide bonds. The second-order valence-corrected chi connectivity index (χ2v) is 5.35. The van der Waals surface area contributed by atoms with Crippen LogP contribution in [0.5, 0.6) is 5.75 Å². The molecule has 0 saturated heterocycles. The van der Waals surface area contributed by atoms with Gasteiger partial charge in [0.15, 0.2) is 18.2 Å². The van der Waals surface area contributed by atoms with Crippen molar-refractivity contribution in [2.24, 2.45) is 0 Å². The summed E-state index contributed by atoms with van der Waals surface area (Å²) in [4.78, 5) is 18.0. The smallest absolute Gasteiger partial charge is 0.266 e. The molecule has 0 spiro atoms. The van der Waals surface area contributed by atoms with E-state index in [1.807, 2.05) is 6.07 Å². The molecular weight excluding hydrogens is 334 g/mol.